The van der Waals surface area contributed by atoms with Gasteiger partial charge in [-0.25, -0.2) is 8.42 Å². The second-order valence-corrected chi connectivity index (χ2v) is 8.94. The molecule has 0 saturated carbocycles. The highest BCUT2D eigenvalue weighted by Crippen LogP contribution is 2.31. The molecule has 1 aliphatic rings. The summed E-state index contributed by atoms with van der Waals surface area (Å²) in [5.74, 6) is -0.214. The predicted molar refractivity (Wildman–Crippen MR) is 114 cm³/mol. The molecule has 0 aromatic heterocycles. The van der Waals surface area contributed by atoms with E-state index in [1.54, 1.807) is 49.1 Å². The zero-order chi connectivity index (χ0) is 21.2. The van der Waals surface area contributed by atoms with E-state index in [0.717, 1.165) is 11.3 Å². The van der Waals surface area contributed by atoms with Crippen molar-refractivity contribution in [2.45, 2.75) is 38.5 Å². The van der Waals surface area contributed by atoms with Crippen molar-refractivity contribution in [3.8, 4) is 0 Å². The second-order valence-electron chi connectivity index (χ2n) is 7.26. The molecule has 2 amide bonds. The van der Waals surface area contributed by atoms with Gasteiger partial charge in [0.2, 0.25) is 11.8 Å². The Bertz CT molecular complexity index is 1030. The first-order valence-corrected chi connectivity index (χ1v) is 11.1. The van der Waals surface area contributed by atoms with E-state index in [4.69, 9.17) is 0 Å². The van der Waals surface area contributed by atoms with Gasteiger partial charge in [-0.15, -0.1) is 0 Å². The standard InChI is InChI=1S/C21H25N3O4S/c1-4-24-19-11-8-17(13-15(19)5-12-20(24)25)23-29(27,28)18-9-6-16(7-10-18)22-21(26)14(2)3/h6-11,13-14,23H,4-5,12H2,1-3H3,(H,22,26). The molecule has 29 heavy (non-hydrogen) atoms. The minimum atomic E-state index is -3.77. The van der Waals surface area contributed by atoms with Crippen molar-refractivity contribution in [3.05, 3.63) is 48.0 Å². The Kier molecular flexibility index (Phi) is 5.93. The van der Waals surface area contributed by atoms with Gasteiger partial charge in [-0.2, -0.15) is 0 Å². The van der Waals surface area contributed by atoms with E-state index in [1.807, 2.05) is 6.92 Å². The summed E-state index contributed by atoms with van der Waals surface area (Å²) in [6.45, 7) is 6.06. The van der Waals surface area contributed by atoms with Gasteiger partial charge in [-0.05, 0) is 61.4 Å². The molecular formula is C21H25N3O4S. The van der Waals surface area contributed by atoms with Crippen LogP contribution in [0.5, 0.6) is 0 Å². The largest absolute Gasteiger partial charge is 0.326 e. The monoisotopic (exact) mass is 415 g/mol. The quantitative estimate of drug-likeness (QED) is 0.756. The molecule has 1 aliphatic heterocycles. The number of nitrogens with one attached hydrogen (secondary N) is 2. The first-order chi connectivity index (χ1) is 13.7. The second kappa shape index (κ2) is 8.24. The smallest absolute Gasteiger partial charge is 0.261 e. The van der Waals surface area contributed by atoms with E-state index < -0.39 is 10.0 Å². The van der Waals surface area contributed by atoms with E-state index in [-0.39, 0.29) is 22.6 Å². The van der Waals surface area contributed by atoms with Gasteiger partial charge in [-0.1, -0.05) is 13.8 Å². The SMILES string of the molecule is CCN1C(=O)CCc2cc(NS(=O)(=O)c3ccc(NC(=O)C(C)C)cc3)ccc21. The summed E-state index contributed by atoms with van der Waals surface area (Å²) in [4.78, 5) is 25.6. The van der Waals surface area contributed by atoms with Gasteiger partial charge in [0.25, 0.3) is 10.0 Å². The summed E-state index contributed by atoms with van der Waals surface area (Å²) in [6, 6.07) is 11.2. The molecule has 0 bridgehead atoms. The zero-order valence-corrected chi connectivity index (χ0v) is 17.5. The zero-order valence-electron chi connectivity index (χ0n) is 16.7. The Morgan fingerprint density at radius 1 is 1.07 bits per heavy atom. The van der Waals surface area contributed by atoms with Crippen molar-refractivity contribution in [1.29, 1.82) is 0 Å². The molecule has 0 atom stereocenters. The molecule has 2 aromatic carbocycles. The van der Waals surface area contributed by atoms with Crippen LogP contribution in [0.15, 0.2) is 47.4 Å². The number of amides is 2. The molecule has 2 N–H and O–H groups in total. The highest BCUT2D eigenvalue weighted by Gasteiger charge is 2.23. The number of hydrogen-bond donors (Lipinski definition) is 2. The van der Waals surface area contributed by atoms with Gasteiger partial charge in [-0.3, -0.25) is 14.3 Å². The molecule has 0 saturated heterocycles. The van der Waals surface area contributed by atoms with Crippen LogP contribution < -0.4 is 14.9 Å². The number of benzene rings is 2. The summed E-state index contributed by atoms with van der Waals surface area (Å²) in [5.41, 5.74) is 2.77. The lowest BCUT2D eigenvalue weighted by Crippen LogP contribution is -2.34. The van der Waals surface area contributed by atoms with E-state index in [1.165, 1.54) is 12.1 Å². The summed E-state index contributed by atoms with van der Waals surface area (Å²) in [6.07, 6.45) is 1.01. The van der Waals surface area contributed by atoms with Gasteiger partial charge in [0.15, 0.2) is 0 Å². The lowest BCUT2D eigenvalue weighted by atomic mass is 10.0. The van der Waals surface area contributed by atoms with E-state index in [2.05, 4.69) is 10.0 Å². The van der Waals surface area contributed by atoms with Crippen molar-refractivity contribution >= 4 is 38.9 Å². The fourth-order valence-electron chi connectivity index (χ4n) is 3.19. The number of rotatable bonds is 6. The van der Waals surface area contributed by atoms with Crippen LogP contribution in [0.4, 0.5) is 17.1 Å². The first-order valence-electron chi connectivity index (χ1n) is 9.58. The van der Waals surface area contributed by atoms with Gasteiger partial charge < -0.3 is 10.2 Å². The lowest BCUT2D eigenvalue weighted by molar-refractivity contribution is -0.119. The molecule has 8 heteroatoms. The van der Waals surface area contributed by atoms with Crippen LogP contribution in [-0.2, 0) is 26.0 Å². The number of carbonyl (C=O) groups excluding carboxylic acids is 2. The Morgan fingerprint density at radius 3 is 2.34 bits per heavy atom. The van der Waals surface area contributed by atoms with Crippen LogP contribution in [0.2, 0.25) is 0 Å². The van der Waals surface area contributed by atoms with Crippen LogP contribution in [0.25, 0.3) is 0 Å². The Balaban J connectivity index is 1.78. The number of fused-ring (bicyclic) bond motifs is 1. The molecule has 0 aliphatic carbocycles. The first kappa shape index (κ1) is 20.9. The minimum absolute atomic E-state index is 0.0815. The average Bonchev–Trinajstić information content (AvgIpc) is 2.68. The number of nitrogens with zero attached hydrogens (tertiary/aromatic N) is 1. The number of sulfonamides is 1. The van der Waals surface area contributed by atoms with E-state index in [9.17, 15) is 18.0 Å². The summed E-state index contributed by atoms with van der Waals surface area (Å²) >= 11 is 0. The maximum absolute atomic E-state index is 12.7. The summed E-state index contributed by atoms with van der Waals surface area (Å²) < 4.78 is 28.0. The fourth-order valence-corrected chi connectivity index (χ4v) is 4.24. The van der Waals surface area contributed by atoms with Crippen LogP contribution in [0.1, 0.15) is 32.8 Å². The molecule has 7 nitrogen and oxygen atoms in total. The molecule has 1 heterocycles. The van der Waals surface area contributed by atoms with Gasteiger partial charge in [0.1, 0.15) is 0 Å². The molecule has 0 unspecified atom stereocenters. The van der Waals surface area contributed by atoms with Gasteiger partial charge in [0, 0.05) is 35.9 Å². The van der Waals surface area contributed by atoms with Gasteiger partial charge in [0.05, 0.1) is 4.90 Å². The normalized spacial score (nSPS) is 13.9. The number of anilines is 3. The molecule has 2 aromatic rings. The van der Waals surface area contributed by atoms with Crippen molar-refractivity contribution in [2.75, 3.05) is 21.5 Å². The van der Waals surface area contributed by atoms with Crippen LogP contribution >= 0.6 is 0 Å². The maximum atomic E-state index is 12.7. The Morgan fingerprint density at radius 2 is 1.72 bits per heavy atom. The molecule has 3 rings (SSSR count). The predicted octanol–water partition coefficient (Wildman–Crippen LogP) is 3.38. The van der Waals surface area contributed by atoms with Crippen LogP contribution in [-0.4, -0.2) is 26.8 Å². The van der Waals surface area contributed by atoms with Crippen molar-refractivity contribution in [2.24, 2.45) is 5.92 Å². The number of hydrogen-bond acceptors (Lipinski definition) is 4. The third kappa shape index (κ3) is 4.59. The minimum Gasteiger partial charge on any atom is -0.326 e. The topological polar surface area (TPSA) is 95.6 Å². The van der Waals surface area contributed by atoms with Crippen LogP contribution in [0.3, 0.4) is 0 Å². The van der Waals surface area contributed by atoms with Crippen molar-refractivity contribution in [1.82, 2.24) is 0 Å². The highest BCUT2D eigenvalue weighted by molar-refractivity contribution is 7.92. The van der Waals surface area contributed by atoms with Crippen molar-refractivity contribution in [3.63, 3.8) is 0 Å². The average molecular weight is 416 g/mol. The highest BCUT2D eigenvalue weighted by atomic mass is 32.2. The fraction of sp³-hybridized carbons (Fsp3) is 0.333. The third-order valence-electron chi connectivity index (χ3n) is 4.80. The Labute approximate surface area is 171 Å². The Hall–Kier alpha value is -2.87. The molecule has 0 spiro atoms. The van der Waals surface area contributed by atoms with Crippen molar-refractivity contribution < 1.29 is 18.0 Å². The lowest BCUT2D eigenvalue weighted by Gasteiger charge is -2.28. The summed E-state index contributed by atoms with van der Waals surface area (Å²) in [7, 11) is -3.77. The van der Waals surface area contributed by atoms with E-state index >= 15 is 0 Å². The number of carbonyl (C=O) groups is 2. The third-order valence-corrected chi connectivity index (χ3v) is 6.20. The number of aryl methyl sites for hydroxylation is 1. The summed E-state index contributed by atoms with van der Waals surface area (Å²) in [5, 5.41) is 2.73. The van der Waals surface area contributed by atoms with Gasteiger partial charge >= 0.3 is 0 Å². The molecule has 0 fully saturated rings. The molecule has 0 radical (unpaired) electrons. The van der Waals surface area contributed by atoms with E-state index in [0.29, 0.717) is 30.8 Å². The molecular weight excluding hydrogens is 390 g/mol. The maximum Gasteiger partial charge on any atom is 0.261 e. The molecule has 154 valence electrons. The van der Waals surface area contributed by atoms with Crippen LogP contribution in [0, 0.1) is 5.92 Å².